The van der Waals surface area contributed by atoms with Gasteiger partial charge in [-0.05, 0) is 55.8 Å². The maximum absolute atomic E-state index is 10.9. The number of fused-ring (bicyclic) bond motifs is 3. The number of carboxylic acids is 1. The van der Waals surface area contributed by atoms with Crippen LogP contribution >= 0.6 is 56.7 Å². The van der Waals surface area contributed by atoms with E-state index in [1.807, 2.05) is 0 Å². The molecule has 0 spiro atoms. The van der Waals surface area contributed by atoms with Crippen LogP contribution < -0.4 is 0 Å². The Hall–Kier alpha value is -0.870. The molecule has 188 valence electrons. The predicted octanol–water partition coefficient (Wildman–Crippen LogP) is 5.40. The lowest BCUT2D eigenvalue weighted by Gasteiger charge is -2.35. The lowest BCUT2D eigenvalue weighted by molar-refractivity contribution is -0.137. The van der Waals surface area contributed by atoms with E-state index in [0.29, 0.717) is 13.1 Å². The van der Waals surface area contributed by atoms with Crippen molar-refractivity contribution in [2.24, 2.45) is 0 Å². The molecule has 1 atom stereocenters. The summed E-state index contributed by atoms with van der Waals surface area (Å²) in [6.45, 7) is 5.97. The quantitative estimate of drug-likeness (QED) is 0.307. The minimum atomic E-state index is -0.715. The molecule has 1 aliphatic heterocycles. The van der Waals surface area contributed by atoms with E-state index in [1.165, 1.54) is 10.8 Å². The summed E-state index contributed by atoms with van der Waals surface area (Å²) >= 11 is 7.17. The number of aliphatic carboxylic acids is 1. The molecule has 3 aromatic rings. The van der Waals surface area contributed by atoms with Crippen LogP contribution in [0.1, 0.15) is 19.3 Å². The third-order valence-electron chi connectivity index (χ3n) is 6.23. The fraction of sp³-hybridized carbons (Fsp3) is 0.458. The standard InChI is InChI=1S/C24H29Br2N3O3.2ClH/c25-17-4-6-22-20(13-17)21-14-18(26)5-7-23(21)29(22)16-19(30)15-28-11-9-27(10-12-28)8-2-1-3-24(31)32;;/h4-7,13-14,19,30H,1-3,8-12,15-16H2,(H,31,32);2*1H/t19-;;/m1../s1. The molecule has 4 rings (SSSR count). The van der Waals surface area contributed by atoms with Gasteiger partial charge in [0.25, 0.3) is 0 Å². The fourth-order valence-corrected chi connectivity index (χ4v) is 5.34. The summed E-state index contributed by atoms with van der Waals surface area (Å²) in [7, 11) is 0. The average molecular weight is 640 g/mol. The van der Waals surface area contributed by atoms with Crippen molar-refractivity contribution in [1.82, 2.24) is 14.4 Å². The van der Waals surface area contributed by atoms with Gasteiger partial charge in [-0.15, -0.1) is 24.8 Å². The Morgan fingerprint density at radius 3 is 1.91 bits per heavy atom. The number of unbranched alkanes of at least 4 members (excludes halogenated alkanes) is 1. The zero-order valence-electron chi connectivity index (χ0n) is 18.8. The number of aromatic nitrogens is 1. The summed E-state index contributed by atoms with van der Waals surface area (Å²) in [5, 5.41) is 22.1. The molecule has 1 saturated heterocycles. The van der Waals surface area contributed by atoms with Crippen LogP contribution in [0.3, 0.4) is 0 Å². The number of β-amino-alcohol motifs (C(OH)–C–C–N with tert-alkyl or cyclic N) is 1. The largest absolute Gasteiger partial charge is 0.481 e. The van der Waals surface area contributed by atoms with Crippen LogP contribution in [0.25, 0.3) is 21.8 Å². The summed E-state index contributed by atoms with van der Waals surface area (Å²) in [6.07, 6.45) is 1.46. The molecule has 1 aliphatic rings. The Kier molecular flexibility index (Phi) is 11.6. The summed E-state index contributed by atoms with van der Waals surface area (Å²) in [5.41, 5.74) is 2.26. The van der Waals surface area contributed by atoms with Crippen LogP contribution in [-0.4, -0.2) is 75.9 Å². The van der Waals surface area contributed by atoms with Gasteiger partial charge in [-0.3, -0.25) is 9.69 Å². The number of hydrogen-bond acceptors (Lipinski definition) is 4. The van der Waals surface area contributed by atoms with E-state index in [4.69, 9.17) is 5.11 Å². The minimum Gasteiger partial charge on any atom is -0.481 e. The fourth-order valence-electron chi connectivity index (χ4n) is 4.62. The van der Waals surface area contributed by atoms with E-state index in [2.05, 4.69) is 82.6 Å². The number of rotatable bonds is 9. The summed E-state index contributed by atoms with van der Waals surface area (Å²) in [4.78, 5) is 15.4. The number of aliphatic hydroxyl groups is 1. The van der Waals surface area contributed by atoms with Gasteiger partial charge in [0.05, 0.1) is 12.6 Å². The Bertz CT molecular complexity index is 1040. The normalized spacial score (nSPS) is 15.7. The molecule has 6 nitrogen and oxygen atoms in total. The van der Waals surface area contributed by atoms with Gasteiger partial charge in [-0.25, -0.2) is 0 Å². The van der Waals surface area contributed by atoms with E-state index >= 15 is 0 Å². The number of benzene rings is 2. The number of aliphatic hydroxyl groups excluding tert-OH is 1. The van der Waals surface area contributed by atoms with Gasteiger partial charge >= 0.3 is 5.97 Å². The van der Waals surface area contributed by atoms with Gasteiger partial charge in [0.15, 0.2) is 0 Å². The van der Waals surface area contributed by atoms with E-state index in [0.717, 1.165) is 65.5 Å². The van der Waals surface area contributed by atoms with Gasteiger partial charge in [0.1, 0.15) is 0 Å². The highest BCUT2D eigenvalue weighted by molar-refractivity contribution is 9.10. The number of nitrogens with zero attached hydrogens (tertiary/aromatic N) is 3. The third kappa shape index (κ3) is 7.32. The van der Waals surface area contributed by atoms with Crippen molar-refractivity contribution in [3.05, 3.63) is 45.3 Å². The third-order valence-corrected chi connectivity index (χ3v) is 7.22. The van der Waals surface area contributed by atoms with Crippen molar-refractivity contribution in [2.75, 3.05) is 39.3 Å². The average Bonchev–Trinajstić information content (AvgIpc) is 3.04. The van der Waals surface area contributed by atoms with Crippen LogP contribution in [-0.2, 0) is 11.3 Å². The first-order valence-electron chi connectivity index (χ1n) is 11.1. The molecule has 2 aromatic carbocycles. The SMILES string of the molecule is Cl.Cl.O=C(O)CCCCN1CCN(C[C@@H](O)Cn2c3ccc(Br)cc3c3cc(Br)ccc32)CC1. The van der Waals surface area contributed by atoms with E-state index in [1.54, 1.807) is 0 Å². The maximum atomic E-state index is 10.9. The van der Waals surface area contributed by atoms with Crippen molar-refractivity contribution in [3.8, 4) is 0 Å². The molecule has 0 saturated carbocycles. The first-order chi connectivity index (χ1) is 15.4. The van der Waals surface area contributed by atoms with Gasteiger partial charge < -0.3 is 19.7 Å². The highest BCUT2D eigenvalue weighted by Gasteiger charge is 2.21. The number of halogens is 4. The van der Waals surface area contributed by atoms with Gasteiger partial charge in [0.2, 0.25) is 0 Å². The summed E-state index contributed by atoms with van der Waals surface area (Å²) in [5.74, 6) is -0.715. The monoisotopic (exact) mass is 637 g/mol. The second kappa shape index (κ2) is 13.4. The molecular weight excluding hydrogens is 609 g/mol. The number of hydrogen-bond donors (Lipinski definition) is 2. The zero-order chi connectivity index (χ0) is 22.7. The Morgan fingerprint density at radius 1 is 0.853 bits per heavy atom. The Labute approximate surface area is 229 Å². The molecular formula is C24H31Br2Cl2N3O3. The summed E-state index contributed by atoms with van der Waals surface area (Å²) in [6, 6.07) is 12.6. The zero-order valence-corrected chi connectivity index (χ0v) is 23.6. The lowest BCUT2D eigenvalue weighted by atomic mass is 10.2. The molecule has 0 bridgehead atoms. The molecule has 34 heavy (non-hydrogen) atoms. The van der Waals surface area contributed by atoms with Crippen molar-refractivity contribution >= 4 is 84.4 Å². The number of carbonyl (C=O) groups is 1. The smallest absolute Gasteiger partial charge is 0.303 e. The molecule has 1 aromatic heterocycles. The van der Waals surface area contributed by atoms with Crippen molar-refractivity contribution in [1.29, 1.82) is 0 Å². The molecule has 2 N–H and O–H groups in total. The van der Waals surface area contributed by atoms with E-state index < -0.39 is 12.1 Å². The second-order valence-electron chi connectivity index (χ2n) is 8.58. The van der Waals surface area contributed by atoms with Crippen molar-refractivity contribution in [2.45, 2.75) is 31.9 Å². The second-order valence-corrected chi connectivity index (χ2v) is 10.4. The van der Waals surface area contributed by atoms with Crippen LogP contribution in [0.2, 0.25) is 0 Å². The molecule has 0 unspecified atom stereocenters. The highest BCUT2D eigenvalue weighted by atomic mass is 79.9. The van der Waals surface area contributed by atoms with Crippen LogP contribution in [0, 0.1) is 0 Å². The molecule has 1 fully saturated rings. The molecule has 2 heterocycles. The first-order valence-corrected chi connectivity index (χ1v) is 12.7. The topological polar surface area (TPSA) is 68.9 Å². The Balaban J connectivity index is 0.00000204. The molecule has 0 aliphatic carbocycles. The molecule has 0 radical (unpaired) electrons. The minimum absolute atomic E-state index is 0. The highest BCUT2D eigenvalue weighted by Crippen LogP contribution is 2.33. The van der Waals surface area contributed by atoms with E-state index in [-0.39, 0.29) is 31.2 Å². The number of carboxylic acid groups (broad SMARTS) is 1. The van der Waals surface area contributed by atoms with Gasteiger partial charge in [-0.1, -0.05) is 31.9 Å². The van der Waals surface area contributed by atoms with Gasteiger partial charge in [-0.2, -0.15) is 0 Å². The van der Waals surface area contributed by atoms with Crippen LogP contribution in [0.5, 0.6) is 0 Å². The van der Waals surface area contributed by atoms with Crippen molar-refractivity contribution in [3.63, 3.8) is 0 Å². The first kappa shape index (κ1) is 29.4. The van der Waals surface area contributed by atoms with Crippen LogP contribution in [0.4, 0.5) is 0 Å². The summed E-state index contributed by atoms with van der Waals surface area (Å²) < 4.78 is 4.32. The lowest BCUT2D eigenvalue weighted by Crippen LogP contribution is -2.49. The van der Waals surface area contributed by atoms with E-state index in [9.17, 15) is 9.90 Å². The van der Waals surface area contributed by atoms with Crippen molar-refractivity contribution < 1.29 is 15.0 Å². The Morgan fingerprint density at radius 2 is 1.38 bits per heavy atom. The number of piperazine rings is 1. The maximum Gasteiger partial charge on any atom is 0.303 e. The molecule has 10 heteroatoms. The molecule has 0 amide bonds. The van der Waals surface area contributed by atoms with Gasteiger partial charge in [0, 0.05) is 69.9 Å². The predicted molar refractivity (Wildman–Crippen MR) is 150 cm³/mol. The van der Waals surface area contributed by atoms with Crippen LogP contribution in [0.15, 0.2) is 45.3 Å².